The number of benzene rings is 1. The summed E-state index contributed by atoms with van der Waals surface area (Å²) in [7, 11) is 2.43. The van der Waals surface area contributed by atoms with E-state index in [0.29, 0.717) is 11.3 Å². The lowest BCUT2D eigenvalue weighted by atomic mass is 10.1. The lowest BCUT2D eigenvalue weighted by Crippen LogP contribution is -2.10. The fourth-order valence-electron chi connectivity index (χ4n) is 1.27. The molecule has 0 aromatic heterocycles. The SMILES string of the molecule is C=C[C@H](OC(=O)OC)c1ccc(OC(=O)OC)cc1. The third-order valence-electron chi connectivity index (χ3n) is 2.18. The van der Waals surface area contributed by atoms with E-state index in [2.05, 4.69) is 16.1 Å². The van der Waals surface area contributed by atoms with Gasteiger partial charge < -0.3 is 18.9 Å². The molecular formula is C13H14O6. The molecule has 0 bridgehead atoms. The van der Waals surface area contributed by atoms with E-state index in [0.717, 1.165) is 0 Å². The summed E-state index contributed by atoms with van der Waals surface area (Å²) < 4.78 is 18.5. The first kappa shape index (κ1) is 14.6. The molecule has 1 rings (SSSR count). The Kier molecular flexibility index (Phi) is 5.40. The molecule has 6 nitrogen and oxygen atoms in total. The number of rotatable bonds is 4. The normalized spacial score (nSPS) is 11.1. The van der Waals surface area contributed by atoms with Gasteiger partial charge in [-0.2, -0.15) is 0 Å². The van der Waals surface area contributed by atoms with Gasteiger partial charge in [0.25, 0.3) is 0 Å². The number of methoxy groups -OCH3 is 2. The number of ether oxygens (including phenoxy) is 4. The average molecular weight is 266 g/mol. The van der Waals surface area contributed by atoms with Crippen molar-refractivity contribution < 1.29 is 28.5 Å². The summed E-state index contributed by atoms with van der Waals surface area (Å²) in [6.45, 7) is 3.57. The van der Waals surface area contributed by atoms with Crippen LogP contribution in [0.4, 0.5) is 9.59 Å². The van der Waals surface area contributed by atoms with Crippen LogP contribution in [-0.4, -0.2) is 26.5 Å². The molecule has 1 atom stereocenters. The molecule has 0 saturated carbocycles. The van der Waals surface area contributed by atoms with Crippen LogP contribution in [0, 0.1) is 0 Å². The number of carbonyl (C=O) groups excluding carboxylic acids is 2. The molecule has 0 amide bonds. The maximum Gasteiger partial charge on any atom is 0.513 e. The van der Waals surface area contributed by atoms with E-state index in [1.165, 1.54) is 20.3 Å². The Labute approximate surface area is 110 Å². The molecule has 0 N–H and O–H groups in total. The van der Waals surface area contributed by atoms with Gasteiger partial charge in [0.2, 0.25) is 0 Å². The highest BCUT2D eigenvalue weighted by Gasteiger charge is 2.14. The lowest BCUT2D eigenvalue weighted by Gasteiger charge is -2.13. The zero-order valence-corrected chi connectivity index (χ0v) is 10.6. The Balaban J connectivity index is 2.75. The second-order valence-corrected chi connectivity index (χ2v) is 3.35. The van der Waals surface area contributed by atoms with Gasteiger partial charge in [0, 0.05) is 0 Å². The van der Waals surface area contributed by atoms with Crippen molar-refractivity contribution in [1.29, 1.82) is 0 Å². The number of hydrogen-bond donors (Lipinski definition) is 0. The standard InChI is InChI=1S/C13H14O6/c1-4-11(19-13(15)17-3)9-5-7-10(8-6-9)18-12(14)16-2/h4-8,11H,1H2,2-3H3/t11-/m0/s1. The smallest absolute Gasteiger partial charge is 0.438 e. The largest absolute Gasteiger partial charge is 0.513 e. The highest BCUT2D eigenvalue weighted by molar-refractivity contribution is 5.63. The maximum atomic E-state index is 11.0. The minimum absolute atomic E-state index is 0.316. The van der Waals surface area contributed by atoms with E-state index < -0.39 is 18.4 Å². The monoisotopic (exact) mass is 266 g/mol. The Hall–Kier alpha value is -2.50. The second-order valence-electron chi connectivity index (χ2n) is 3.35. The van der Waals surface area contributed by atoms with Crippen LogP contribution in [-0.2, 0) is 14.2 Å². The molecule has 0 fully saturated rings. The summed E-state index contributed by atoms with van der Waals surface area (Å²) in [6, 6.07) is 6.36. The third kappa shape index (κ3) is 4.34. The first-order valence-electron chi connectivity index (χ1n) is 5.33. The van der Waals surface area contributed by atoms with Crippen molar-refractivity contribution in [1.82, 2.24) is 0 Å². The molecule has 0 heterocycles. The summed E-state index contributed by atoms with van der Waals surface area (Å²) in [5.41, 5.74) is 0.664. The summed E-state index contributed by atoms with van der Waals surface area (Å²) in [5, 5.41) is 0. The van der Waals surface area contributed by atoms with Gasteiger partial charge in [-0.3, -0.25) is 0 Å². The van der Waals surface area contributed by atoms with Gasteiger partial charge in [-0.1, -0.05) is 18.7 Å². The summed E-state index contributed by atoms with van der Waals surface area (Å²) in [4.78, 5) is 21.9. The van der Waals surface area contributed by atoms with Crippen molar-refractivity contribution >= 4 is 12.3 Å². The van der Waals surface area contributed by atoms with Crippen molar-refractivity contribution in [2.24, 2.45) is 0 Å². The van der Waals surface area contributed by atoms with Crippen molar-refractivity contribution in [2.75, 3.05) is 14.2 Å². The van der Waals surface area contributed by atoms with Crippen molar-refractivity contribution in [3.8, 4) is 5.75 Å². The molecule has 0 radical (unpaired) electrons. The molecule has 1 aromatic carbocycles. The fraction of sp³-hybridized carbons (Fsp3) is 0.231. The van der Waals surface area contributed by atoms with Gasteiger partial charge in [0.15, 0.2) is 0 Å². The van der Waals surface area contributed by atoms with Crippen LogP contribution in [0.15, 0.2) is 36.9 Å². The van der Waals surface area contributed by atoms with Crippen molar-refractivity contribution in [3.05, 3.63) is 42.5 Å². The summed E-state index contributed by atoms with van der Waals surface area (Å²) >= 11 is 0. The van der Waals surface area contributed by atoms with Crippen LogP contribution in [0.5, 0.6) is 5.75 Å². The zero-order chi connectivity index (χ0) is 14.3. The summed E-state index contributed by atoms with van der Waals surface area (Å²) in [5.74, 6) is 0.316. The molecule has 6 heteroatoms. The average Bonchev–Trinajstić information content (AvgIpc) is 2.45. The van der Waals surface area contributed by atoms with Crippen LogP contribution in [0.2, 0.25) is 0 Å². The van der Waals surface area contributed by atoms with Crippen LogP contribution >= 0.6 is 0 Å². The van der Waals surface area contributed by atoms with Crippen molar-refractivity contribution in [3.63, 3.8) is 0 Å². The van der Waals surface area contributed by atoms with Crippen LogP contribution in [0.1, 0.15) is 11.7 Å². The van der Waals surface area contributed by atoms with E-state index in [4.69, 9.17) is 9.47 Å². The van der Waals surface area contributed by atoms with Crippen LogP contribution < -0.4 is 4.74 Å². The second kappa shape index (κ2) is 7.05. The lowest BCUT2D eigenvalue weighted by molar-refractivity contribution is 0.0522. The van der Waals surface area contributed by atoms with Gasteiger partial charge in [0.1, 0.15) is 11.9 Å². The molecule has 0 unspecified atom stereocenters. The molecular weight excluding hydrogens is 252 g/mol. The first-order chi connectivity index (χ1) is 9.10. The minimum atomic E-state index is -0.807. The van der Waals surface area contributed by atoms with E-state index in [9.17, 15) is 9.59 Å². The van der Waals surface area contributed by atoms with Gasteiger partial charge in [0.05, 0.1) is 14.2 Å². The van der Waals surface area contributed by atoms with E-state index in [1.54, 1.807) is 24.3 Å². The maximum absolute atomic E-state index is 11.0. The highest BCUT2D eigenvalue weighted by Crippen LogP contribution is 2.22. The summed E-state index contributed by atoms with van der Waals surface area (Å²) in [6.07, 6.45) is -0.800. The quantitative estimate of drug-likeness (QED) is 0.474. The topological polar surface area (TPSA) is 71.1 Å². The molecule has 0 spiro atoms. The molecule has 102 valence electrons. The molecule has 0 saturated heterocycles. The zero-order valence-electron chi connectivity index (χ0n) is 10.6. The molecule has 19 heavy (non-hydrogen) atoms. The molecule has 0 aliphatic heterocycles. The van der Waals surface area contributed by atoms with E-state index in [1.807, 2.05) is 0 Å². The van der Waals surface area contributed by atoms with Crippen LogP contribution in [0.3, 0.4) is 0 Å². The van der Waals surface area contributed by atoms with E-state index in [-0.39, 0.29) is 0 Å². The van der Waals surface area contributed by atoms with Crippen molar-refractivity contribution in [2.45, 2.75) is 6.10 Å². The Morgan fingerprint density at radius 2 is 1.68 bits per heavy atom. The number of carbonyl (C=O) groups is 2. The van der Waals surface area contributed by atoms with Gasteiger partial charge >= 0.3 is 12.3 Å². The van der Waals surface area contributed by atoms with Crippen LogP contribution in [0.25, 0.3) is 0 Å². The van der Waals surface area contributed by atoms with E-state index >= 15 is 0 Å². The molecule has 0 aliphatic carbocycles. The predicted octanol–water partition coefficient (Wildman–Crippen LogP) is 2.84. The Morgan fingerprint density at radius 3 is 2.16 bits per heavy atom. The van der Waals surface area contributed by atoms with Gasteiger partial charge in [-0.25, -0.2) is 9.59 Å². The first-order valence-corrected chi connectivity index (χ1v) is 5.33. The highest BCUT2D eigenvalue weighted by atomic mass is 16.7. The Bertz CT molecular complexity index is 451. The van der Waals surface area contributed by atoms with Gasteiger partial charge in [-0.15, -0.1) is 0 Å². The molecule has 1 aromatic rings. The fourth-order valence-corrected chi connectivity index (χ4v) is 1.27. The predicted molar refractivity (Wildman–Crippen MR) is 65.9 cm³/mol. The third-order valence-corrected chi connectivity index (χ3v) is 2.18. The minimum Gasteiger partial charge on any atom is -0.438 e. The molecule has 0 aliphatic rings. The van der Waals surface area contributed by atoms with Gasteiger partial charge in [-0.05, 0) is 23.8 Å². The number of hydrogen-bond acceptors (Lipinski definition) is 6. The Morgan fingerprint density at radius 1 is 1.11 bits per heavy atom.